The molecule has 0 N–H and O–H groups in total. The number of rotatable bonds is 8. The SMILES string of the molecule is c1ccc(N(c2ccccc2)c2cc3c4c(c2)N(c2ccccc2)c2ccc(N5c6ccccc6[Si](c6ccccc6)(c6ccccc6)c6ccccc65)cc2B4c2ccccc2N3c2ccccc2)cc1. The van der Waals surface area contributed by atoms with Crippen molar-refractivity contribution in [3.63, 3.8) is 0 Å². The van der Waals surface area contributed by atoms with E-state index in [4.69, 9.17) is 0 Å². The van der Waals surface area contributed by atoms with E-state index in [1.807, 2.05) is 0 Å². The lowest BCUT2D eigenvalue weighted by Gasteiger charge is -2.46. The highest BCUT2D eigenvalue weighted by atomic mass is 28.3. The second kappa shape index (κ2) is 17.1. The first kappa shape index (κ1) is 41.8. The predicted molar refractivity (Wildman–Crippen MR) is 307 cm³/mol. The number of fused-ring (bicyclic) bond motifs is 6. The zero-order chi connectivity index (χ0) is 47.6. The summed E-state index contributed by atoms with van der Waals surface area (Å²) < 4.78 is 0. The average Bonchev–Trinajstić information content (AvgIpc) is 3.46. The molecule has 14 rings (SSSR count). The minimum absolute atomic E-state index is 0.0885. The molecule has 3 aliphatic heterocycles. The molecule has 0 atom stereocenters. The normalized spacial score (nSPS) is 13.6. The summed E-state index contributed by atoms with van der Waals surface area (Å²) in [6, 6.07) is 106. The highest BCUT2D eigenvalue weighted by Crippen LogP contribution is 2.49. The summed E-state index contributed by atoms with van der Waals surface area (Å²) in [5.41, 5.74) is 17.5. The van der Waals surface area contributed by atoms with Gasteiger partial charge < -0.3 is 19.6 Å². The molecule has 0 aromatic heterocycles. The predicted octanol–water partition coefficient (Wildman–Crippen LogP) is 12.4. The van der Waals surface area contributed by atoms with E-state index < -0.39 is 8.07 Å². The Labute approximate surface area is 422 Å². The summed E-state index contributed by atoms with van der Waals surface area (Å²) >= 11 is 0. The first-order valence-electron chi connectivity index (χ1n) is 24.9. The molecule has 72 heavy (non-hydrogen) atoms. The van der Waals surface area contributed by atoms with Crippen molar-refractivity contribution >= 4 is 120 Å². The van der Waals surface area contributed by atoms with E-state index in [0.29, 0.717) is 0 Å². The highest BCUT2D eigenvalue weighted by Gasteiger charge is 2.49. The molecule has 0 fully saturated rings. The first-order chi connectivity index (χ1) is 35.8. The molecule has 11 aromatic rings. The van der Waals surface area contributed by atoms with E-state index in [1.165, 1.54) is 54.2 Å². The number of benzene rings is 11. The largest absolute Gasteiger partial charge is 0.311 e. The molecule has 0 unspecified atom stereocenters. The maximum Gasteiger partial charge on any atom is 0.252 e. The Morgan fingerprint density at radius 3 is 1.17 bits per heavy atom. The Balaban J connectivity index is 1.05. The van der Waals surface area contributed by atoms with Gasteiger partial charge in [-0.1, -0.05) is 188 Å². The number of para-hydroxylation sites is 7. The standard InChI is InChI=1S/C66H47BN4Si/c1-7-25-48(26-8-1)68(49-27-9-2-10-28-49)53-46-62-66-63(47-53)70(51-31-13-4-14-32-51)59-44-43-52(45-57(59)67(66)56-37-19-20-38-58(56)69(62)50-29-11-3-12-30-50)71-60-39-21-23-41-64(60)72(54-33-15-5-16-34-54,55-35-17-6-18-36-55)65-42-24-22-40-61(65)71/h1-47H. The van der Waals surface area contributed by atoms with Crippen LogP contribution in [-0.2, 0) is 0 Å². The number of hydrogen-bond donors (Lipinski definition) is 0. The summed E-state index contributed by atoms with van der Waals surface area (Å²) in [7, 11) is -2.81. The van der Waals surface area contributed by atoms with Gasteiger partial charge in [0.05, 0.1) is 5.69 Å². The summed E-state index contributed by atoms with van der Waals surface area (Å²) in [6.45, 7) is -0.0885. The van der Waals surface area contributed by atoms with Gasteiger partial charge in [0.25, 0.3) is 6.71 Å². The molecule has 0 saturated carbocycles. The lowest BCUT2D eigenvalue weighted by molar-refractivity contribution is 1.22. The fourth-order valence-corrected chi connectivity index (χ4v) is 17.3. The van der Waals surface area contributed by atoms with E-state index in [9.17, 15) is 0 Å². The van der Waals surface area contributed by atoms with Crippen LogP contribution in [0.2, 0.25) is 0 Å². The van der Waals surface area contributed by atoms with Crippen molar-refractivity contribution in [1.82, 2.24) is 0 Å². The quantitative estimate of drug-likeness (QED) is 0.141. The number of hydrogen-bond acceptors (Lipinski definition) is 4. The monoisotopic (exact) mass is 934 g/mol. The maximum absolute atomic E-state index is 2.81. The van der Waals surface area contributed by atoms with Crippen molar-refractivity contribution in [2.75, 3.05) is 19.6 Å². The minimum atomic E-state index is -2.81. The van der Waals surface area contributed by atoms with Gasteiger partial charge in [-0.25, -0.2) is 0 Å². The maximum atomic E-state index is 2.55. The zero-order valence-electron chi connectivity index (χ0n) is 39.5. The summed E-state index contributed by atoms with van der Waals surface area (Å²) in [5.74, 6) is 0. The van der Waals surface area contributed by atoms with Crippen molar-refractivity contribution in [2.45, 2.75) is 0 Å². The Hall–Kier alpha value is -9.10. The third-order valence-corrected chi connectivity index (χ3v) is 19.9. The molecule has 0 saturated heterocycles. The Morgan fingerprint density at radius 1 is 0.278 bits per heavy atom. The van der Waals surface area contributed by atoms with Crippen LogP contribution in [0.25, 0.3) is 0 Å². The van der Waals surface area contributed by atoms with Crippen LogP contribution >= 0.6 is 0 Å². The molecular formula is C66H47BN4Si. The van der Waals surface area contributed by atoms with E-state index in [-0.39, 0.29) is 6.71 Å². The fraction of sp³-hybridized carbons (Fsp3) is 0. The van der Waals surface area contributed by atoms with Crippen molar-refractivity contribution < 1.29 is 0 Å². The van der Waals surface area contributed by atoms with Gasteiger partial charge in [-0.2, -0.15) is 0 Å². The zero-order valence-corrected chi connectivity index (χ0v) is 40.5. The Morgan fingerprint density at radius 2 is 0.667 bits per heavy atom. The van der Waals surface area contributed by atoms with Crippen LogP contribution < -0.4 is 56.7 Å². The van der Waals surface area contributed by atoms with Crippen LogP contribution in [0.3, 0.4) is 0 Å². The van der Waals surface area contributed by atoms with Crippen LogP contribution in [-0.4, -0.2) is 14.8 Å². The van der Waals surface area contributed by atoms with E-state index in [2.05, 4.69) is 305 Å². The Bertz CT molecular complexity index is 3640. The molecule has 3 aliphatic rings. The second-order valence-corrected chi connectivity index (χ2v) is 22.6. The third kappa shape index (κ3) is 6.39. The third-order valence-electron chi connectivity index (χ3n) is 15.0. The summed E-state index contributed by atoms with van der Waals surface area (Å²) in [5, 5.41) is 5.52. The average molecular weight is 935 g/mol. The van der Waals surface area contributed by atoms with Crippen LogP contribution in [0.5, 0.6) is 0 Å². The molecule has 11 aromatic carbocycles. The van der Waals surface area contributed by atoms with Gasteiger partial charge in [-0.05, 0) is 134 Å². The molecular weight excluding hydrogens is 888 g/mol. The lowest BCUT2D eigenvalue weighted by atomic mass is 9.33. The van der Waals surface area contributed by atoms with Gasteiger partial charge in [0.2, 0.25) is 0 Å². The summed E-state index contributed by atoms with van der Waals surface area (Å²) in [4.78, 5) is 9.96. The molecule has 338 valence electrons. The van der Waals surface area contributed by atoms with E-state index >= 15 is 0 Å². The fourth-order valence-electron chi connectivity index (χ4n) is 12.2. The van der Waals surface area contributed by atoms with Gasteiger partial charge >= 0.3 is 0 Å². The molecule has 0 radical (unpaired) electrons. The second-order valence-electron chi connectivity index (χ2n) is 18.8. The Kier molecular flexibility index (Phi) is 9.93. The smallest absolute Gasteiger partial charge is 0.252 e. The van der Waals surface area contributed by atoms with Crippen LogP contribution in [0, 0.1) is 0 Å². The molecule has 0 spiro atoms. The first-order valence-corrected chi connectivity index (χ1v) is 26.9. The van der Waals surface area contributed by atoms with Crippen molar-refractivity contribution in [2.24, 2.45) is 0 Å². The van der Waals surface area contributed by atoms with Gasteiger partial charge in [0.1, 0.15) is 0 Å². The molecule has 3 heterocycles. The molecule has 0 amide bonds. The molecule has 4 nitrogen and oxygen atoms in total. The van der Waals surface area contributed by atoms with Gasteiger partial charge in [0, 0.05) is 62.6 Å². The number of nitrogens with zero attached hydrogens (tertiary/aromatic N) is 4. The minimum Gasteiger partial charge on any atom is -0.311 e. The van der Waals surface area contributed by atoms with Crippen LogP contribution in [0.1, 0.15) is 0 Å². The molecule has 0 bridgehead atoms. The highest BCUT2D eigenvalue weighted by molar-refractivity contribution is 7.21. The van der Waals surface area contributed by atoms with Crippen molar-refractivity contribution in [3.8, 4) is 0 Å². The summed E-state index contributed by atoms with van der Waals surface area (Å²) in [6.07, 6.45) is 0. The molecule has 6 heteroatoms. The van der Waals surface area contributed by atoms with Gasteiger partial charge in [-0.15, -0.1) is 0 Å². The van der Waals surface area contributed by atoms with E-state index in [0.717, 1.165) is 51.2 Å². The van der Waals surface area contributed by atoms with Crippen molar-refractivity contribution in [3.05, 3.63) is 285 Å². The van der Waals surface area contributed by atoms with Gasteiger partial charge in [-0.3, -0.25) is 0 Å². The lowest BCUT2D eigenvalue weighted by Crippen LogP contribution is -2.77. The molecule has 0 aliphatic carbocycles. The topological polar surface area (TPSA) is 13.0 Å². The number of anilines is 12. The van der Waals surface area contributed by atoms with Crippen LogP contribution in [0.4, 0.5) is 68.2 Å². The van der Waals surface area contributed by atoms with E-state index in [1.54, 1.807) is 0 Å². The van der Waals surface area contributed by atoms with Gasteiger partial charge in [0.15, 0.2) is 8.07 Å². The van der Waals surface area contributed by atoms with Crippen LogP contribution in [0.15, 0.2) is 285 Å². The van der Waals surface area contributed by atoms with Crippen molar-refractivity contribution in [1.29, 1.82) is 0 Å².